The number of carboxylic acids is 1. The van der Waals surface area contributed by atoms with Crippen molar-refractivity contribution >= 4 is 16.1 Å². The van der Waals surface area contributed by atoms with Crippen molar-refractivity contribution in [2.75, 3.05) is 13.2 Å². The molecule has 7 heteroatoms. The van der Waals surface area contributed by atoms with Crippen molar-refractivity contribution in [1.29, 1.82) is 0 Å². The van der Waals surface area contributed by atoms with Crippen LogP contribution in [0.1, 0.15) is 60.9 Å². The Labute approximate surface area is 179 Å². The maximum Gasteiger partial charge on any atom is 0.335 e. The second-order valence-corrected chi connectivity index (χ2v) is 8.80. The lowest BCUT2D eigenvalue weighted by atomic mass is 10.1. The average Bonchev–Trinajstić information content (AvgIpc) is 2.72. The van der Waals surface area contributed by atoms with Crippen molar-refractivity contribution < 1.29 is 27.2 Å². The molecule has 0 aliphatic carbocycles. The summed E-state index contributed by atoms with van der Waals surface area (Å²) in [5, 5.41) is 8.86. The predicted molar refractivity (Wildman–Crippen MR) is 116 cm³/mol. The molecule has 0 aliphatic rings. The number of carboxylic acid groups (broad SMARTS) is 1. The molecular formula is C23H30O6S. The summed E-state index contributed by atoms with van der Waals surface area (Å²) in [5.74, 6) is -0.344. The SMILES string of the molecule is O=C(O)c1ccc(OCCCCCCCCCOS(=O)(=O)Cc2ccccc2)cc1. The first kappa shape index (κ1) is 23.9. The smallest absolute Gasteiger partial charge is 0.335 e. The van der Waals surface area contributed by atoms with Crippen LogP contribution in [0.2, 0.25) is 0 Å². The summed E-state index contributed by atoms with van der Waals surface area (Å²) in [6.07, 6.45) is 6.96. The minimum absolute atomic E-state index is 0.0837. The fraction of sp³-hybridized carbons (Fsp3) is 0.435. The Kier molecular flexibility index (Phi) is 10.4. The summed E-state index contributed by atoms with van der Waals surface area (Å²) < 4.78 is 34.5. The van der Waals surface area contributed by atoms with Crippen LogP contribution in [-0.4, -0.2) is 32.7 Å². The number of aromatic carboxylic acids is 1. The summed E-state index contributed by atoms with van der Waals surface area (Å²) in [5.41, 5.74) is 0.986. The lowest BCUT2D eigenvalue weighted by Crippen LogP contribution is -2.09. The van der Waals surface area contributed by atoms with Gasteiger partial charge < -0.3 is 9.84 Å². The first-order valence-electron chi connectivity index (χ1n) is 10.3. The van der Waals surface area contributed by atoms with Crippen LogP contribution in [0.3, 0.4) is 0 Å². The molecule has 6 nitrogen and oxygen atoms in total. The summed E-state index contributed by atoms with van der Waals surface area (Å²) in [4.78, 5) is 10.8. The minimum Gasteiger partial charge on any atom is -0.494 e. The Hall–Kier alpha value is -2.38. The van der Waals surface area contributed by atoms with Gasteiger partial charge in [0.25, 0.3) is 10.1 Å². The lowest BCUT2D eigenvalue weighted by molar-refractivity contribution is 0.0697. The fourth-order valence-corrected chi connectivity index (χ4v) is 4.03. The van der Waals surface area contributed by atoms with Crippen LogP contribution in [-0.2, 0) is 20.1 Å². The van der Waals surface area contributed by atoms with E-state index in [2.05, 4.69) is 0 Å². The van der Waals surface area contributed by atoms with Gasteiger partial charge in [0, 0.05) is 0 Å². The Balaban J connectivity index is 1.43. The van der Waals surface area contributed by atoms with Gasteiger partial charge >= 0.3 is 5.97 Å². The molecule has 0 aromatic heterocycles. The van der Waals surface area contributed by atoms with E-state index in [0.717, 1.165) is 50.5 Å². The average molecular weight is 435 g/mol. The molecule has 0 spiro atoms. The van der Waals surface area contributed by atoms with Crippen LogP contribution in [0, 0.1) is 0 Å². The van der Waals surface area contributed by atoms with E-state index in [1.54, 1.807) is 24.3 Å². The van der Waals surface area contributed by atoms with E-state index in [4.69, 9.17) is 14.0 Å². The monoisotopic (exact) mass is 434 g/mol. The second kappa shape index (κ2) is 13.0. The third kappa shape index (κ3) is 9.89. The van der Waals surface area contributed by atoms with E-state index in [0.29, 0.717) is 12.4 Å². The minimum atomic E-state index is -3.51. The van der Waals surface area contributed by atoms with Crippen molar-refractivity contribution in [3.05, 3.63) is 65.7 Å². The fourth-order valence-electron chi connectivity index (χ4n) is 2.98. The highest BCUT2D eigenvalue weighted by molar-refractivity contribution is 7.85. The van der Waals surface area contributed by atoms with Crippen LogP contribution in [0.5, 0.6) is 5.75 Å². The van der Waals surface area contributed by atoms with E-state index in [1.807, 2.05) is 18.2 Å². The highest BCUT2D eigenvalue weighted by atomic mass is 32.2. The number of carbonyl (C=O) groups is 1. The van der Waals surface area contributed by atoms with Crippen LogP contribution >= 0.6 is 0 Å². The van der Waals surface area contributed by atoms with Gasteiger partial charge in [-0.2, -0.15) is 8.42 Å². The molecular weight excluding hydrogens is 404 g/mol. The number of rotatable bonds is 15. The molecule has 0 saturated heterocycles. The van der Waals surface area contributed by atoms with E-state index in [-0.39, 0.29) is 17.9 Å². The highest BCUT2D eigenvalue weighted by Gasteiger charge is 2.11. The van der Waals surface area contributed by atoms with E-state index >= 15 is 0 Å². The maximum absolute atomic E-state index is 11.9. The van der Waals surface area contributed by atoms with Crippen LogP contribution in [0.15, 0.2) is 54.6 Å². The van der Waals surface area contributed by atoms with Crippen LogP contribution < -0.4 is 4.74 Å². The second-order valence-electron chi connectivity index (χ2n) is 7.16. The van der Waals surface area contributed by atoms with Gasteiger partial charge in [0.1, 0.15) is 11.5 Å². The number of benzene rings is 2. The molecule has 0 radical (unpaired) electrons. The zero-order valence-corrected chi connectivity index (χ0v) is 18.0. The molecule has 0 bridgehead atoms. The Morgan fingerprint density at radius 2 is 1.33 bits per heavy atom. The zero-order chi connectivity index (χ0) is 21.7. The predicted octanol–water partition coefficient (Wildman–Crippen LogP) is 5.04. The third-order valence-corrected chi connectivity index (χ3v) is 5.82. The van der Waals surface area contributed by atoms with Crippen LogP contribution in [0.25, 0.3) is 0 Å². The van der Waals surface area contributed by atoms with Crippen molar-refractivity contribution in [2.24, 2.45) is 0 Å². The van der Waals surface area contributed by atoms with Crippen molar-refractivity contribution in [3.8, 4) is 5.75 Å². The molecule has 0 atom stereocenters. The summed E-state index contributed by atoms with van der Waals surface area (Å²) in [7, 11) is -3.51. The van der Waals surface area contributed by atoms with Crippen molar-refractivity contribution in [1.82, 2.24) is 0 Å². The summed E-state index contributed by atoms with van der Waals surface area (Å²) in [6, 6.07) is 15.5. The molecule has 0 aliphatic heterocycles. The highest BCUT2D eigenvalue weighted by Crippen LogP contribution is 2.14. The maximum atomic E-state index is 11.9. The van der Waals surface area contributed by atoms with Crippen molar-refractivity contribution in [2.45, 2.75) is 50.7 Å². The molecule has 0 fully saturated rings. The first-order chi connectivity index (χ1) is 14.5. The molecule has 2 aromatic carbocycles. The summed E-state index contributed by atoms with van der Waals surface area (Å²) in [6.45, 7) is 0.850. The Morgan fingerprint density at radius 1 is 0.767 bits per heavy atom. The molecule has 0 heterocycles. The molecule has 0 saturated carbocycles. The quantitative estimate of drug-likeness (QED) is 0.312. The van der Waals surface area contributed by atoms with Crippen molar-refractivity contribution in [3.63, 3.8) is 0 Å². The normalized spacial score (nSPS) is 11.3. The standard InChI is InChI=1S/C23H30O6S/c24-23(25)21-13-15-22(16-14-21)28-17-9-4-2-1-3-5-10-18-29-30(26,27)19-20-11-7-6-8-12-20/h6-8,11-16H,1-5,9-10,17-19H2,(H,24,25). The van der Waals surface area contributed by atoms with E-state index in [9.17, 15) is 13.2 Å². The number of unbranched alkanes of at least 4 members (excludes halogenated alkanes) is 6. The van der Waals surface area contributed by atoms with Crippen LogP contribution in [0.4, 0.5) is 0 Å². The van der Waals surface area contributed by atoms with Gasteiger partial charge in [0.05, 0.1) is 18.8 Å². The molecule has 1 N–H and O–H groups in total. The molecule has 2 aromatic rings. The Bertz CT molecular complexity index is 847. The van der Waals surface area contributed by atoms with Gasteiger partial charge in [0.2, 0.25) is 0 Å². The van der Waals surface area contributed by atoms with Gasteiger partial charge in [-0.25, -0.2) is 4.79 Å². The van der Waals surface area contributed by atoms with Gasteiger partial charge in [0.15, 0.2) is 0 Å². The molecule has 0 unspecified atom stereocenters. The largest absolute Gasteiger partial charge is 0.494 e. The molecule has 164 valence electrons. The van der Waals surface area contributed by atoms with Gasteiger partial charge in [-0.3, -0.25) is 4.18 Å². The Morgan fingerprint density at radius 3 is 1.93 bits per heavy atom. The number of ether oxygens (including phenoxy) is 1. The molecule has 30 heavy (non-hydrogen) atoms. The lowest BCUT2D eigenvalue weighted by Gasteiger charge is -2.07. The van der Waals surface area contributed by atoms with Gasteiger partial charge in [-0.05, 0) is 42.7 Å². The van der Waals surface area contributed by atoms with Gasteiger partial charge in [-0.1, -0.05) is 62.4 Å². The molecule has 2 rings (SSSR count). The summed E-state index contributed by atoms with van der Waals surface area (Å²) >= 11 is 0. The topological polar surface area (TPSA) is 89.9 Å². The number of hydrogen-bond donors (Lipinski definition) is 1. The van der Waals surface area contributed by atoms with E-state index in [1.165, 1.54) is 12.1 Å². The third-order valence-electron chi connectivity index (χ3n) is 4.61. The van der Waals surface area contributed by atoms with E-state index < -0.39 is 16.1 Å². The van der Waals surface area contributed by atoms with Gasteiger partial charge in [-0.15, -0.1) is 0 Å². The number of hydrogen-bond acceptors (Lipinski definition) is 5. The molecule has 0 amide bonds. The first-order valence-corrected chi connectivity index (χ1v) is 11.9. The zero-order valence-electron chi connectivity index (χ0n) is 17.2.